The van der Waals surface area contributed by atoms with E-state index < -0.39 is 5.72 Å². The summed E-state index contributed by atoms with van der Waals surface area (Å²) in [6.45, 7) is 24.8. The quantitative estimate of drug-likeness (QED) is 0.434. The summed E-state index contributed by atoms with van der Waals surface area (Å²) < 4.78 is 6.94. The molecule has 0 bridgehead atoms. The monoisotopic (exact) mass is 475 g/mol. The number of nitrogens with zero attached hydrogens (tertiary/aromatic N) is 3. The van der Waals surface area contributed by atoms with E-state index in [2.05, 4.69) is 93.6 Å². The third kappa shape index (κ3) is 4.39. The first-order valence-electron chi connectivity index (χ1n) is 13.1. The third-order valence-electron chi connectivity index (χ3n) is 6.93. The summed E-state index contributed by atoms with van der Waals surface area (Å²) in [4.78, 5) is 9.60. The molecule has 4 heteroatoms. The number of hydrogen-bond donors (Lipinski definition) is 0. The Morgan fingerprint density at radius 2 is 1.69 bits per heavy atom. The standard InChI is InChI=1S/C27H33N3O.2C2H6/c1-8-14-20-19(9-2)23(30(10-3)11-4)17-24-25(20)28-18-27(31-24)26(5,6)21-15-12-13-16-22(21)29(27)7;2*1-2/h8-9,12-18H,2,10-11H2,1,3-7H3;2*1-2H3/b14-8-;;. The Morgan fingerprint density at radius 1 is 1.06 bits per heavy atom. The summed E-state index contributed by atoms with van der Waals surface area (Å²) in [7, 11) is 2.10. The predicted octanol–water partition coefficient (Wildman–Crippen LogP) is 8.48. The molecule has 0 aromatic heterocycles. The number of fused-ring (bicyclic) bond motifs is 2. The molecule has 2 aliphatic rings. The van der Waals surface area contributed by atoms with Crippen molar-refractivity contribution in [2.45, 2.75) is 73.5 Å². The maximum Gasteiger partial charge on any atom is 0.228 e. The molecule has 4 rings (SSSR count). The van der Waals surface area contributed by atoms with Gasteiger partial charge in [0, 0.05) is 48.7 Å². The van der Waals surface area contributed by atoms with E-state index >= 15 is 0 Å². The molecule has 1 atom stereocenters. The minimum atomic E-state index is -0.687. The first kappa shape index (κ1) is 28.2. The number of anilines is 2. The lowest BCUT2D eigenvalue weighted by Crippen LogP contribution is -2.61. The van der Waals surface area contributed by atoms with Crippen LogP contribution in [0.1, 0.15) is 79.0 Å². The van der Waals surface area contributed by atoms with Gasteiger partial charge >= 0.3 is 0 Å². The molecule has 1 unspecified atom stereocenters. The first-order chi connectivity index (χ1) is 16.9. The van der Waals surface area contributed by atoms with Crippen LogP contribution in [0.25, 0.3) is 12.2 Å². The van der Waals surface area contributed by atoms with Crippen LogP contribution in [0, 0.1) is 0 Å². The van der Waals surface area contributed by atoms with E-state index in [9.17, 15) is 0 Å². The number of rotatable bonds is 5. The van der Waals surface area contributed by atoms with Crippen molar-refractivity contribution in [3.8, 4) is 5.75 Å². The van der Waals surface area contributed by atoms with Crippen LogP contribution in [-0.4, -0.2) is 32.1 Å². The van der Waals surface area contributed by atoms with Crippen molar-refractivity contribution >= 4 is 35.4 Å². The number of aliphatic imine (C=N–C) groups is 1. The molecule has 0 saturated carbocycles. The molecule has 1 spiro atoms. The van der Waals surface area contributed by atoms with Crippen molar-refractivity contribution in [3.05, 3.63) is 59.7 Å². The highest BCUT2D eigenvalue weighted by Gasteiger charge is 2.58. The van der Waals surface area contributed by atoms with E-state index in [0.29, 0.717) is 0 Å². The Labute approximate surface area is 214 Å². The number of benzene rings is 2. The van der Waals surface area contributed by atoms with E-state index in [1.807, 2.05) is 46.9 Å². The van der Waals surface area contributed by atoms with Gasteiger partial charge in [-0.2, -0.15) is 0 Å². The summed E-state index contributed by atoms with van der Waals surface area (Å²) in [5.41, 5.74) is 5.65. The fraction of sp³-hybridized carbons (Fsp3) is 0.452. The Balaban J connectivity index is 0.00000103. The summed E-state index contributed by atoms with van der Waals surface area (Å²) in [6, 6.07) is 10.7. The number of para-hydroxylation sites is 1. The van der Waals surface area contributed by atoms with Gasteiger partial charge in [0.15, 0.2) is 5.75 Å². The normalized spacial score (nSPS) is 18.6. The molecule has 0 saturated heterocycles. The van der Waals surface area contributed by atoms with Crippen molar-refractivity contribution in [1.82, 2.24) is 0 Å². The van der Waals surface area contributed by atoms with Crippen LogP contribution in [0.5, 0.6) is 5.75 Å². The summed E-state index contributed by atoms with van der Waals surface area (Å²) >= 11 is 0. The van der Waals surface area contributed by atoms with Crippen molar-refractivity contribution in [2.24, 2.45) is 4.99 Å². The molecule has 2 aromatic carbocycles. The number of allylic oxidation sites excluding steroid dienone is 1. The molecule has 2 aliphatic heterocycles. The van der Waals surface area contributed by atoms with Gasteiger partial charge in [0.05, 0.1) is 11.6 Å². The van der Waals surface area contributed by atoms with Crippen LogP contribution < -0.4 is 14.5 Å². The van der Waals surface area contributed by atoms with Crippen LogP contribution in [0.15, 0.2) is 48.0 Å². The lowest BCUT2D eigenvalue weighted by molar-refractivity contribution is 0.0825. The molecule has 0 radical (unpaired) electrons. The van der Waals surface area contributed by atoms with Crippen molar-refractivity contribution in [2.75, 3.05) is 29.9 Å². The van der Waals surface area contributed by atoms with Gasteiger partial charge in [-0.25, -0.2) is 0 Å². The van der Waals surface area contributed by atoms with Crippen molar-refractivity contribution in [1.29, 1.82) is 0 Å². The molecule has 190 valence electrons. The van der Waals surface area contributed by atoms with Crippen LogP contribution in [0.3, 0.4) is 0 Å². The zero-order valence-electron chi connectivity index (χ0n) is 23.6. The van der Waals surface area contributed by atoms with Crippen molar-refractivity contribution in [3.63, 3.8) is 0 Å². The molecule has 0 fully saturated rings. The Hall–Kier alpha value is -3.01. The van der Waals surface area contributed by atoms with Gasteiger partial charge in [-0.15, -0.1) is 0 Å². The predicted molar refractivity (Wildman–Crippen MR) is 157 cm³/mol. The van der Waals surface area contributed by atoms with Crippen LogP contribution in [0.2, 0.25) is 0 Å². The highest BCUT2D eigenvalue weighted by molar-refractivity contribution is 5.93. The zero-order chi connectivity index (χ0) is 26.4. The smallest absolute Gasteiger partial charge is 0.228 e. The maximum absolute atomic E-state index is 6.94. The molecule has 4 nitrogen and oxygen atoms in total. The fourth-order valence-corrected chi connectivity index (χ4v) is 5.13. The molecule has 0 amide bonds. The Bertz CT molecular complexity index is 1080. The second-order valence-electron chi connectivity index (χ2n) is 8.70. The van der Waals surface area contributed by atoms with Crippen molar-refractivity contribution < 1.29 is 4.74 Å². The molecule has 2 heterocycles. The van der Waals surface area contributed by atoms with Gasteiger partial charge in [0.2, 0.25) is 5.72 Å². The van der Waals surface area contributed by atoms with E-state index in [0.717, 1.165) is 41.3 Å². The molecular weight excluding hydrogens is 430 g/mol. The summed E-state index contributed by atoms with van der Waals surface area (Å²) in [5.74, 6) is 0.816. The number of ether oxygens (including phenoxy) is 1. The van der Waals surface area contributed by atoms with Gasteiger partial charge in [-0.3, -0.25) is 4.99 Å². The first-order valence-corrected chi connectivity index (χ1v) is 13.1. The van der Waals surface area contributed by atoms with E-state index in [1.165, 1.54) is 11.3 Å². The highest BCUT2D eigenvalue weighted by atomic mass is 16.5. The Kier molecular flexibility index (Phi) is 9.37. The molecule has 2 aromatic rings. The largest absolute Gasteiger partial charge is 0.459 e. The van der Waals surface area contributed by atoms with Gasteiger partial charge in [0.25, 0.3) is 0 Å². The molecule has 0 N–H and O–H groups in total. The van der Waals surface area contributed by atoms with Gasteiger partial charge in [-0.1, -0.05) is 70.7 Å². The van der Waals surface area contributed by atoms with E-state index in [1.54, 1.807) is 0 Å². The maximum atomic E-state index is 6.94. The van der Waals surface area contributed by atoms with Crippen LogP contribution in [-0.2, 0) is 5.41 Å². The molecule has 0 aliphatic carbocycles. The minimum Gasteiger partial charge on any atom is -0.459 e. The average molecular weight is 476 g/mol. The van der Waals surface area contributed by atoms with Gasteiger partial charge in [-0.05, 0) is 46.2 Å². The average Bonchev–Trinajstić information content (AvgIpc) is 3.05. The van der Waals surface area contributed by atoms with E-state index in [4.69, 9.17) is 9.73 Å². The lowest BCUT2D eigenvalue weighted by atomic mass is 9.77. The van der Waals surface area contributed by atoms with E-state index in [-0.39, 0.29) is 5.41 Å². The van der Waals surface area contributed by atoms with Gasteiger partial charge < -0.3 is 14.5 Å². The topological polar surface area (TPSA) is 28.1 Å². The second kappa shape index (κ2) is 11.6. The minimum absolute atomic E-state index is 0.271. The summed E-state index contributed by atoms with van der Waals surface area (Å²) in [5, 5.41) is 0. The lowest BCUT2D eigenvalue weighted by Gasteiger charge is -2.45. The fourth-order valence-electron chi connectivity index (χ4n) is 5.13. The number of hydrogen-bond acceptors (Lipinski definition) is 4. The molecule has 35 heavy (non-hydrogen) atoms. The number of likely N-dealkylation sites (N-methyl/N-ethyl adjacent to an activating group) is 1. The zero-order valence-corrected chi connectivity index (χ0v) is 23.6. The second-order valence-corrected chi connectivity index (χ2v) is 8.70. The summed E-state index contributed by atoms with van der Waals surface area (Å²) in [6.07, 6.45) is 8.09. The van der Waals surface area contributed by atoms with Crippen LogP contribution in [0.4, 0.5) is 17.1 Å². The Morgan fingerprint density at radius 3 is 2.23 bits per heavy atom. The highest BCUT2D eigenvalue weighted by Crippen LogP contribution is 2.54. The molecular formula is C31H45N3O. The van der Waals surface area contributed by atoms with Gasteiger partial charge in [0.1, 0.15) is 5.69 Å². The SMILES string of the molecule is C=Cc1c(N(CC)CC)cc2c(c1/C=C\C)N=CC1(O2)N(C)c2ccccc2C1(C)C.CC.CC. The third-order valence-corrected chi connectivity index (χ3v) is 6.93. The van der Waals surface area contributed by atoms with Crippen LogP contribution >= 0.6 is 0 Å².